The molecule has 2 aromatic heterocycles. The minimum absolute atomic E-state index is 0.0879. The maximum atomic E-state index is 6.29. The van der Waals surface area contributed by atoms with E-state index in [1.54, 1.807) is 12.4 Å². The Balaban J connectivity index is 1.24. The third kappa shape index (κ3) is 4.49. The van der Waals surface area contributed by atoms with Crippen molar-refractivity contribution in [2.45, 2.75) is 38.3 Å². The third-order valence-electron chi connectivity index (χ3n) is 5.64. The van der Waals surface area contributed by atoms with Crippen molar-refractivity contribution in [2.24, 2.45) is 5.73 Å². The number of pyridine rings is 1. The van der Waals surface area contributed by atoms with E-state index in [2.05, 4.69) is 27.3 Å². The van der Waals surface area contributed by atoms with Gasteiger partial charge in [-0.2, -0.15) is 4.98 Å². The van der Waals surface area contributed by atoms with Crippen molar-refractivity contribution >= 4 is 0 Å². The molecule has 0 saturated carbocycles. The molecule has 5 rings (SSSR count). The van der Waals surface area contributed by atoms with Crippen LogP contribution >= 0.6 is 0 Å². The molecule has 31 heavy (non-hydrogen) atoms. The summed E-state index contributed by atoms with van der Waals surface area (Å²) in [6.45, 7) is 0.492. The summed E-state index contributed by atoms with van der Waals surface area (Å²) in [5.74, 6) is 2.00. The van der Waals surface area contributed by atoms with Gasteiger partial charge in [-0.25, -0.2) is 0 Å². The summed E-state index contributed by atoms with van der Waals surface area (Å²) in [6.07, 6.45) is 7.40. The molecule has 1 aliphatic carbocycles. The van der Waals surface area contributed by atoms with Crippen molar-refractivity contribution in [3.8, 4) is 17.2 Å². The fourth-order valence-electron chi connectivity index (χ4n) is 3.95. The summed E-state index contributed by atoms with van der Waals surface area (Å²) in [5.41, 5.74) is 11.9. The minimum atomic E-state index is 0.0879. The number of aryl methyl sites for hydroxylation is 1. The molecule has 0 spiro atoms. The van der Waals surface area contributed by atoms with E-state index >= 15 is 0 Å². The van der Waals surface area contributed by atoms with Gasteiger partial charge < -0.3 is 15.0 Å². The molecular weight excluding hydrogens is 388 g/mol. The van der Waals surface area contributed by atoms with Gasteiger partial charge in [-0.15, -0.1) is 0 Å². The molecule has 2 aromatic carbocycles. The largest absolute Gasteiger partial charge is 0.489 e. The molecule has 0 saturated heterocycles. The number of benzene rings is 2. The van der Waals surface area contributed by atoms with Crippen molar-refractivity contribution in [2.75, 3.05) is 0 Å². The second kappa shape index (κ2) is 8.70. The molecule has 0 amide bonds. The zero-order chi connectivity index (χ0) is 21.0. The fourth-order valence-corrected chi connectivity index (χ4v) is 3.95. The van der Waals surface area contributed by atoms with E-state index in [1.807, 2.05) is 42.5 Å². The number of fused-ring (bicyclic) bond motifs is 1. The molecular formula is C25H24N4O2. The number of nitrogens with two attached hydrogens (primary N) is 1. The van der Waals surface area contributed by atoms with Gasteiger partial charge in [0.25, 0.3) is 5.89 Å². The maximum Gasteiger partial charge on any atom is 0.257 e. The zero-order valence-corrected chi connectivity index (χ0v) is 17.2. The van der Waals surface area contributed by atoms with Crippen LogP contribution in [0.5, 0.6) is 5.75 Å². The van der Waals surface area contributed by atoms with Gasteiger partial charge >= 0.3 is 0 Å². The first-order valence-electron chi connectivity index (χ1n) is 10.6. The first-order valence-corrected chi connectivity index (χ1v) is 10.6. The highest BCUT2D eigenvalue weighted by Gasteiger charge is 2.19. The van der Waals surface area contributed by atoms with Gasteiger partial charge in [-0.3, -0.25) is 4.98 Å². The summed E-state index contributed by atoms with van der Waals surface area (Å²) in [6, 6.07) is 18.2. The molecule has 2 N–H and O–H groups in total. The maximum absolute atomic E-state index is 6.29. The fraction of sp³-hybridized carbons (Fsp3) is 0.240. The van der Waals surface area contributed by atoms with E-state index < -0.39 is 0 Å². The van der Waals surface area contributed by atoms with Crippen LogP contribution in [0, 0.1) is 0 Å². The van der Waals surface area contributed by atoms with E-state index in [0.717, 1.165) is 41.7 Å². The summed E-state index contributed by atoms with van der Waals surface area (Å²) < 4.78 is 11.3. The monoisotopic (exact) mass is 412 g/mol. The molecule has 0 aliphatic heterocycles. The van der Waals surface area contributed by atoms with E-state index in [0.29, 0.717) is 24.7 Å². The lowest BCUT2D eigenvalue weighted by Gasteiger charge is -2.22. The summed E-state index contributed by atoms with van der Waals surface area (Å²) in [5, 5.41) is 4.16. The first kappa shape index (κ1) is 19.5. The Morgan fingerprint density at radius 3 is 2.81 bits per heavy atom. The molecule has 0 radical (unpaired) electrons. The number of rotatable bonds is 6. The topological polar surface area (TPSA) is 87.1 Å². The standard InChI is InChI=1S/C25H24N4O2/c26-23-5-1-4-19-8-9-20(14-22(19)23)25-28-24(29-31-25)13-17-6-10-21(11-7-17)30-16-18-3-2-12-27-15-18/h2-3,6-12,14-15,23H,1,4-5,13,16,26H2. The zero-order valence-electron chi connectivity index (χ0n) is 17.2. The normalized spacial score (nSPS) is 15.5. The van der Waals surface area contributed by atoms with Crippen LogP contribution in [0.1, 0.15) is 47.0 Å². The van der Waals surface area contributed by atoms with Crippen LogP contribution in [0.2, 0.25) is 0 Å². The average Bonchev–Trinajstić information content (AvgIpc) is 3.28. The van der Waals surface area contributed by atoms with E-state index in [1.165, 1.54) is 11.1 Å². The SMILES string of the molecule is NC1CCCc2ccc(-c3nc(Cc4ccc(OCc5cccnc5)cc4)no3)cc21. The van der Waals surface area contributed by atoms with Crippen LogP contribution in [0.25, 0.3) is 11.5 Å². The van der Waals surface area contributed by atoms with Crippen LogP contribution < -0.4 is 10.5 Å². The summed E-state index contributed by atoms with van der Waals surface area (Å²) >= 11 is 0. The van der Waals surface area contributed by atoms with Gasteiger partial charge in [0.2, 0.25) is 0 Å². The lowest BCUT2D eigenvalue weighted by atomic mass is 9.87. The van der Waals surface area contributed by atoms with Crippen LogP contribution in [0.15, 0.2) is 71.5 Å². The predicted molar refractivity (Wildman–Crippen MR) is 117 cm³/mol. The number of hydrogen-bond acceptors (Lipinski definition) is 6. The quantitative estimate of drug-likeness (QED) is 0.496. The smallest absolute Gasteiger partial charge is 0.257 e. The number of aromatic nitrogens is 3. The molecule has 1 atom stereocenters. The summed E-state index contributed by atoms with van der Waals surface area (Å²) in [7, 11) is 0. The molecule has 1 unspecified atom stereocenters. The molecule has 0 bridgehead atoms. The highest BCUT2D eigenvalue weighted by atomic mass is 16.5. The lowest BCUT2D eigenvalue weighted by Crippen LogP contribution is -2.17. The van der Waals surface area contributed by atoms with Crippen molar-refractivity contribution in [1.82, 2.24) is 15.1 Å². The predicted octanol–water partition coefficient (Wildman–Crippen LogP) is 4.64. The van der Waals surface area contributed by atoms with E-state index in [4.69, 9.17) is 15.0 Å². The molecule has 1 aliphatic rings. The second-order valence-electron chi connectivity index (χ2n) is 7.90. The average molecular weight is 412 g/mol. The minimum Gasteiger partial charge on any atom is -0.489 e. The second-order valence-corrected chi connectivity index (χ2v) is 7.90. The van der Waals surface area contributed by atoms with Gasteiger partial charge in [-0.05, 0) is 66.3 Å². The Morgan fingerprint density at radius 1 is 1.06 bits per heavy atom. The first-order chi connectivity index (χ1) is 15.2. The molecule has 2 heterocycles. The highest BCUT2D eigenvalue weighted by Crippen LogP contribution is 2.31. The molecule has 4 aromatic rings. The molecule has 6 nitrogen and oxygen atoms in total. The Bertz CT molecular complexity index is 1160. The van der Waals surface area contributed by atoms with Crippen LogP contribution in [0.4, 0.5) is 0 Å². The Kier molecular flexibility index (Phi) is 5.46. The van der Waals surface area contributed by atoms with Crippen LogP contribution in [-0.2, 0) is 19.4 Å². The third-order valence-corrected chi connectivity index (χ3v) is 5.64. The summed E-state index contributed by atoms with van der Waals surface area (Å²) in [4.78, 5) is 8.69. The molecule has 156 valence electrons. The number of hydrogen-bond donors (Lipinski definition) is 1. The Hall–Kier alpha value is -3.51. The van der Waals surface area contributed by atoms with Crippen molar-refractivity contribution < 1.29 is 9.26 Å². The van der Waals surface area contributed by atoms with Gasteiger partial charge in [-0.1, -0.05) is 29.4 Å². The van der Waals surface area contributed by atoms with Gasteiger partial charge in [0.1, 0.15) is 12.4 Å². The van der Waals surface area contributed by atoms with Crippen molar-refractivity contribution in [3.05, 3.63) is 95.1 Å². The van der Waals surface area contributed by atoms with E-state index in [9.17, 15) is 0 Å². The van der Waals surface area contributed by atoms with Crippen LogP contribution in [-0.4, -0.2) is 15.1 Å². The molecule has 0 fully saturated rings. The van der Waals surface area contributed by atoms with Gasteiger partial charge in [0.05, 0.1) is 0 Å². The molecule has 6 heteroatoms. The number of ether oxygens (including phenoxy) is 1. The number of nitrogens with zero attached hydrogens (tertiary/aromatic N) is 3. The van der Waals surface area contributed by atoms with E-state index in [-0.39, 0.29) is 6.04 Å². The van der Waals surface area contributed by atoms with Gasteiger partial charge in [0, 0.05) is 36.0 Å². The Morgan fingerprint density at radius 2 is 1.97 bits per heavy atom. The van der Waals surface area contributed by atoms with Crippen molar-refractivity contribution in [1.29, 1.82) is 0 Å². The lowest BCUT2D eigenvalue weighted by molar-refractivity contribution is 0.305. The Labute approximate surface area is 181 Å². The van der Waals surface area contributed by atoms with Gasteiger partial charge in [0.15, 0.2) is 5.82 Å². The van der Waals surface area contributed by atoms with Crippen LogP contribution in [0.3, 0.4) is 0 Å². The highest BCUT2D eigenvalue weighted by molar-refractivity contribution is 5.56. The van der Waals surface area contributed by atoms with Crippen molar-refractivity contribution in [3.63, 3.8) is 0 Å².